The summed E-state index contributed by atoms with van der Waals surface area (Å²) in [7, 11) is 1.95. The predicted molar refractivity (Wildman–Crippen MR) is 102 cm³/mol. The van der Waals surface area contributed by atoms with Crippen LogP contribution in [0.2, 0.25) is 0 Å². The third-order valence-corrected chi connectivity index (χ3v) is 5.52. The smallest absolute Gasteiger partial charge is 0.129 e. The van der Waals surface area contributed by atoms with E-state index >= 15 is 0 Å². The van der Waals surface area contributed by atoms with Gasteiger partial charge in [0.05, 0.1) is 11.4 Å². The van der Waals surface area contributed by atoms with Gasteiger partial charge >= 0.3 is 0 Å². The molecule has 5 rings (SSSR count). The van der Waals surface area contributed by atoms with E-state index in [2.05, 4.69) is 32.1 Å². The van der Waals surface area contributed by atoms with Crippen molar-refractivity contribution in [3.8, 4) is 0 Å². The highest BCUT2D eigenvalue weighted by atomic mass is 19.1. The van der Waals surface area contributed by atoms with Crippen molar-refractivity contribution < 1.29 is 4.39 Å². The van der Waals surface area contributed by atoms with Gasteiger partial charge in [-0.2, -0.15) is 5.10 Å². The van der Waals surface area contributed by atoms with E-state index in [0.717, 1.165) is 55.2 Å². The van der Waals surface area contributed by atoms with Crippen molar-refractivity contribution in [3.63, 3.8) is 0 Å². The summed E-state index contributed by atoms with van der Waals surface area (Å²) in [6.07, 6.45) is 4.79. The third-order valence-electron chi connectivity index (χ3n) is 5.52. The summed E-state index contributed by atoms with van der Waals surface area (Å²) < 4.78 is 16.7. The second-order valence-electron chi connectivity index (χ2n) is 7.48. The molecular formula is C21H22FN5. The van der Waals surface area contributed by atoms with Crippen LogP contribution in [0.25, 0.3) is 0 Å². The molecule has 27 heavy (non-hydrogen) atoms. The van der Waals surface area contributed by atoms with E-state index in [1.165, 1.54) is 11.1 Å². The summed E-state index contributed by atoms with van der Waals surface area (Å²) in [6.45, 7) is 3.88. The third kappa shape index (κ3) is 3.10. The molecule has 0 radical (unpaired) electrons. The second kappa shape index (κ2) is 6.46. The van der Waals surface area contributed by atoms with Gasteiger partial charge in [-0.3, -0.25) is 14.6 Å². The first kappa shape index (κ1) is 16.4. The standard InChI is InChI=1S/C21H22FN5/c1-25-10-17-13-27(8-6-20(17)24-25)18-5-4-15(19(22)9-18)11-26-12-16-3-2-7-23-21(16)14-26/h2-5,7,9-10H,6,8,11-14H2,1H3. The van der Waals surface area contributed by atoms with Crippen molar-refractivity contribution in [3.05, 3.63) is 76.6 Å². The summed E-state index contributed by atoms with van der Waals surface area (Å²) in [5.74, 6) is -0.131. The maximum atomic E-state index is 14.8. The van der Waals surface area contributed by atoms with E-state index in [4.69, 9.17) is 0 Å². The van der Waals surface area contributed by atoms with E-state index in [-0.39, 0.29) is 5.82 Å². The first-order valence-corrected chi connectivity index (χ1v) is 9.35. The van der Waals surface area contributed by atoms with Crippen LogP contribution >= 0.6 is 0 Å². The Morgan fingerprint density at radius 1 is 1.07 bits per heavy atom. The lowest BCUT2D eigenvalue weighted by Gasteiger charge is -2.28. The normalized spacial score (nSPS) is 16.4. The van der Waals surface area contributed by atoms with E-state index in [1.54, 1.807) is 6.07 Å². The number of hydrogen-bond acceptors (Lipinski definition) is 4. The topological polar surface area (TPSA) is 37.2 Å². The van der Waals surface area contributed by atoms with Gasteiger partial charge in [-0.1, -0.05) is 12.1 Å². The first-order valence-electron chi connectivity index (χ1n) is 9.35. The van der Waals surface area contributed by atoms with Crippen LogP contribution in [0.3, 0.4) is 0 Å². The van der Waals surface area contributed by atoms with Gasteiger partial charge in [-0.05, 0) is 23.8 Å². The molecule has 0 fully saturated rings. The zero-order valence-electron chi connectivity index (χ0n) is 15.4. The number of halogens is 1. The van der Waals surface area contributed by atoms with Crippen molar-refractivity contribution in [2.75, 3.05) is 11.4 Å². The molecule has 0 N–H and O–H groups in total. The average Bonchev–Trinajstić information content (AvgIpc) is 3.24. The monoisotopic (exact) mass is 363 g/mol. The highest BCUT2D eigenvalue weighted by molar-refractivity contribution is 5.50. The van der Waals surface area contributed by atoms with Crippen molar-refractivity contribution in [2.45, 2.75) is 32.6 Å². The summed E-state index contributed by atoms with van der Waals surface area (Å²) >= 11 is 0. The SMILES string of the molecule is Cn1cc2c(n1)CCN(c1ccc(CN3Cc4cccnc4C3)c(F)c1)C2. The molecule has 5 nitrogen and oxygen atoms in total. The van der Waals surface area contributed by atoms with Crippen molar-refractivity contribution >= 4 is 5.69 Å². The predicted octanol–water partition coefficient (Wildman–Crippen LogP) is 3.03. The average molecular weight is 363 g/mol. The fourth-order valence-electron chi connectivity index (χ4n) is 4.15. The summed E-state index contributed by atoms with van der Waals surface area (Å²) in [5.41, 5.74) is 6.43. The Hall–Kier alpha value is -2.73. The van der Waals surface area contributed by atoms with E-state index in [9.17, 15) is 4.39 Å². The summed E-state index contributed by atoms with van der Waals surface area (Å²) in [5, 5.41) is 4.49. The Bertz CT molecular complexity index is 971. The van der Waals surface area contributed by atoms with Crippen LogP contribution in [-0.2, 0) is 39.6 Å². The van der Waals surface area contributed by atoms with Crippen molar-refractivity contribution in [1.82, 2.24) is 19.7 Å². The number of aryl methyl sites for hydroxylation is 1. The number of nitrogens with zero attached hydrogens (tertiary/aromatic N) is 5. The first-order chi connectivity index (χ1) is 13.2. The Balaban J connectivity index is 1.30. The Labute approximate surface area is 158 Å². The zero-order chi connectivity index (χ0) is 18.4. The Kier molecular flexibility index (Phi) is 3.93. The maximum absolute atomic E-state index is 14.8. The second-order valence-corrected chi connectivity index (χ2v) is 7.48. The number of aromatic nitrogens is 3. The molecular weight excluding hydrogens is 341 g/mol. The number of rotatable bonds is 3. The molecule has 0 saturated carbocycles. The molecule has 1 aromatic carbocycles. The number of anilines is 1. The molecule has 0 spiro atoms. The van der Waals surface area contributed by atoms with Crippen LogP contribution in [0.1, 0.15) is 28.1 Å². The van der Waals surface area contributed by atoms with Gasteiger partial charge in [-0.15, -0.1) is 0 Å². The van der Waals surface area contributed by atoms with Crippen LogP contribution in [0.4, 0.5) is 10.1 Å². The number of benzene rings is 1. The van der Waals surface area contributed by atoms with Crippen molar-refractivity contribution in [2.24, 2.45) is 7.05 Å². The number of pyridine rings is 1. The molecule has 2 aliphatic heterocycles. The fraction of sp³-hybridized carbons (Fsp3) is 0.333. The van der Waals surface area contributed by atoms with Crippen molar-refractivity contribution in [1.29, 1.82) is 0 Å². The van der Waals surface area contributed by atoms with E-state index in [1.807, 2.05) is 36.1 Å². The molecule has 3 aromatic rings. The summed E-state index contributed by atoms with van der Waals surface area (Å²) in [6, 6.07) is 9.72. The van der Waals surface area contributed by atoms with Crippen LogP contribution < -0.4 is 4.90 Å². The minimum Gasteiger partial charge on any atom is -0.367 e. The lowest BCUT2D eigenvalue weighted by Crippen LogP contribution is -2.30. The quantitative estimate of drug-likeness (QED) is 0.717. The van der Waals surface area contributed by atoms with Crippen LogP contribution in [0.15, 0.2) is 42.7 Å². The molecule has 6 heteroatoms. The molecule has 2 aliphatic rings. The van der Waals surface area contributed by atoms with Gasteiger partial charge in [0.15, 0.2) is 0 Å². The molecule has 0 bridgehead atoms. The van der Waals surface area contributed by atoms with Gasteiger partial charge in [0.2, 0.25) is 0 Å². The molecule has 0 aliphatic carbocycles. The highest BCUT2D eigenvalue weighted by Gasteiger charge is 2.22. The lowest BCUT2D eigenvalue weighted by molar-refractivity contribution is 0.270. The maximum Gasteiger partial charge on any atom is 0.129 e. The van der Waals surface area contributed by atoms with Crippen LogP contribution in [0.5, 0.6) is 0 Å². The largest absolute Gasteiger partial charge is 0.367 e. The number of hydrogen-bond donors (Lipinski definition) is 0. The highest BCUT2D eigenvalue weighted by Crippen LogP contribution is 2.27. The molecule has 0 unspecified atom stereocenters. The molecule has 0 atom stereocenters. The molecule has 0 saturated heterocycles. The summed E-state index contributed by atoms with van der Waals surface area (Å²) in [4.78, 5) is 8.88. The lowest BCUT2D eigenvalue weighted by atomic mass is 10.1. The molecule has 138 valence electrons. The Morgan fingerprint density at radius 3 is 2.85 bits per heavy atom. The Morgan fingerprint density at radius 2 is 2.00 bits per heavy atom. The minimum atomic E-state index is -0.131. The van der Waals surface area contributed by atoms with E-state index < -0.39 is 0 Å². The molecule has 0 amide bonds. The fourth-order valence-corrected chi connectivity index (χ4v) is 4.15. The molecule has 2 aromatic heterocycles. The van der Waals surface area contributed by atoms with Crippen LogP contribution in [-0.4, -0.2) is 26.2 Å². The van der Waals surface area contributed by atoms with Gasteiger partial charge < -0.3 is 4.90 Å². The molecule has 4 heterocycles. The van der Waals surface area contributed by atoms with E-state index in [0.29, 0.717) is 6.54 Å². The zero-order valence-corrected chi connectivity index (χ0v) is 15.4. The number of fused-ring (bicyclic) bond motifs is 2. The minimum absolute atomic E-state index is 0.131. The van der Waals surface area contributed by atoms with Gasteiger partial charge in [-0.25, -0.2) is 4.39 Å². The van der Waals surface area contributed by atoms with Crippen LogP contribution in [0, 0.1) is 5.82 Å². The van der Waals surface area contributed by atoms with Gasteiger partial charge in [0, 0.05) is 75.4 Å². The van der Waals surface area contributed by atoms with Gasteiger partial charge in [0.1, 0.15) is 5.82 Å². The van der Waals surface area contributed by atoms with Gasteiger partial charge in [0.25, 0.3) is 0 Å².